The van der Waals surface area contributed by atoms with E-state index in [4.69, 9.17) is 14.2 Å². The van der Waals surface area contributed by atoms with Gasteiger partial charge in [0, 0.05) is 32.3 Å². The quantitative estimate of drug-likeness (QED) is 0.558. The first kappa shape index (κ1) is 14.0. The minimum absolute atomic E-state index is 0.472. The van der Waals surface area contributed by atoms with Gasteiger partial charge in [-0.2, -0.15) is 0 Å². The Balaban J connectivity index is 2.47. The summed E-state index contributed by atoms with van der Waals surface area (Å²) in [5.74, 6) is 0.734. The van der Waals surface area contributed by atoms with Gasteiger partial charge in [0.1, 0.15) is 5.75 Å². The lowest BCUT2D eigenvalue weighted by Crippen LogP contribution is -2.04. The summed E-state index contributed by atoms with van der Waals surface area (Å²) >= 11 is 0. The summed E-state index contributed by atoms with van der Waals surface area (Å²) in [5.41, 5.74) is 0.705. The number of aliphatic hydroxyl groups is 1. The lowest BCUT2D eigenvalue weighted by Gasteiger charge is -2.12. The molecule has 1 rings (SSSR count). The first-order chi connectivity index (χ1) is 8.27. The van der Waals surface area contributed by atoms with Gasteiger partial charge in [-0.15, -0.1) is 0 Å². The molecule has 0 radical (unpaired) electrons. The summed E-state index contributed by atoms with van der Waals surface area (Å²) in [6, 6.07) is 7.29. The fourth-order valence-corrected chi connectivity index (χ4v) is 1.41. The maximum absolute atomic E-state index is 9.66. The number of hydrogen-bond donors (Lipinski definition) is 1. The molecule has 0 aliphatic rings. The van der Waals surface area contributed by atoms with Gasteiger partial charge in [0.15, 0.2) is 6.29 Å². The normalized spacial score (nSPS) is 12.4. The summed E-state index contributed by atoms with van der Waals surface area (Å²) < 4.78 is 15.6. The highest BCUT2D eigenvalue weighted by Crippen LogP contribution is 2.20. The number of rotatable bonds is 8. The van der Waals surface area contributed by atoms with Crippen LogP contribution in [0.5, 0.6) is 5.75 Å². The summed E-state index contributed by atoms with van der Waals surface area (Å²) in [4.78, 5) is 0. The molecule has 0 aliphatic carbocycles. The number of ether oxygens (including phenoxy) is 3. The zero-order valence-electron chi connectivity index (χ0n) is 10.4. The SMILES string of the molecule is CCOC(O)c1cccc(OCCCOC)c1. The average molecular weight is 240 g/mol. The van der Waals surface area contributed by atoms with Crippen LogP contribution in [0.2, 0.25) is 0 Å². The molecule has 1 N–H and O–H groups in total. The van der Waals surface area contributed by atoms with Crippen LogP contribution < -0.4 is 4.74 Å². The highest BCUT2D eigenvalue weighted by Gasteiger charge is 2.07. The van der Waals surface area contributed by atoms with Crippen molar-refractivity contribution in [2.75, 3.05) is 26.9 Å². The second-order valence-corrected chi connectivity index (χ2v) is 3.58. The minimum atomic E-state index is -0.887. The average Bonchev–Trinajstić information content (AvgIpc) is 2.35. The van der Waals surface area contributed by atoms with E-state index < -0.39 is 6.29 Å². The van der Waals surface area contributed by atoms with Crippen LogP contribution in [0.3, 0.4) is 0 Å². The van der Waals surface area contributed by atoms with Crippen molar-refractivity contribution in [3.05, 3.63) is 29.8 Å². The summed E-state index contributed by atoms with van der Waals surface area (Å²) in [6.07, 6.45) is -0.0445. The zero-order valence-corrected chi connectivity index (χ0v) is 10.4. The Morgan fingerprint density at radius 3 is 2.82 bits per heavy atom. The van der Waals surface area contributed by atoms with Gasteiger partial charge in [0.25, 0.3) is 0 Å². The third kappa shape index (κ3) is 5.17. The van der Waals surface area contributed by atoms with E-state index >= 15 is 0 Å². The highest BCUT2D eigenvalue weighted by molar-refractivity contribution is 5.29. The molecule has 1 unspecified atom stereocenters. The predicted molar refractivity (Wildman–Crippen MR) is 65.0 cm³/mol. The Kier molecular flexibility index (Phi) is 6.62. The maximum atomic E-state index is 9.66. The second kappa shape index (κ2) is 8.06. The van der Waals surface area contributed by atoms with Crippen molar-refractivity contribution < 1.29 is 19.3 Å². The highest BCUT2D eigenvalue weighted by atomic mass is 16.6. The van der Waals surface area contributed by atoms with Crippen molar-refractivity contribution in [3.63, 3.8) is 0 Å². The van der Waals surface area contributed by atoms with Crippen molar-refractivity contribution in [1.29, 1.82) is 0 Å². The van der Waals surface area contributed by atoms with Crippen LogP contribution in [-0.2, 0) is 9.47 Å². The molecule has 0 spiro atoms. The van der Waals surface area contributed by atoms with E-state index in [1.54, 1.807) is 13.2 Å². The molecule has 0 bridgehead atoms. The van der Waals surface area contributed by atoms with E-state index in [2.05, 4.69) is 0 Å². The van der Waals surface area contributed by atoms with E-state index in [0.29, 0.717) is 25.4 Å². The fourth-order valence-electron chi connectivity index (χ4n) is 1.41. The summed E-state index contributed by atoms with van der Waals surface area (Å²) in [5, 5.41) is 9.66. The van der Waals surface area contributed by atoms with Gasteiger partial charge in [0.05, 0.1) is 6.61 Å². The summed E-state index contributed by atoms with van der Waals surface area (Å²) in [6.45, 7) is 3.59. The molecule has 4 heteroatoms. The molecular formula is C13H20O4. The maximum Gasteiger partial charge on any atom is 0.181 e. The molecule has 1 atom stereocenters. The Hall–Kier alpha value is -1.10. The van der Waals surface area contributed by atoms with Crippen LogP contribution in [0.4, 0.5) is 0 Å². The van der Waals surface area contributed by atoms with Gasteiger partial charge in [0.2, 0.25) is 0 Å². The van der Waals surface area contributed by atoms with Gasteiger partial charge in [-0.25, -0.2) is 0 Å². The smallest absolute Gasteiger partial charge is 0.181 e. The number of aliphatic hydroxyl groups excluding tert-OH is 1. The number of benzene rings is 1. The van der Waals surface area contributed by atoms with Gasteiger partial charge >= 0.3 is 0 Å². The standard InChI is InChI=1S/C13H20O4/c1-3-16-13(14)11-6-4-7-12(10-11)17-9-5-8-15-2/h4,6-7,10,13-14H,3,5,8-9H2,1-2H3. The topological polar surface area (TPSA) is 47.9 Å². The number of methoxy groups -OCH3 is 1. The largest absolute Gasteiger partial charge is 0.493 e. The van der Waals surface area contributed by atoms with Crippen LogP contribution in [0.15, 0.2) is 24.3 Å². The van der Waals surface area contributed by atoms with E-state index in [1.165, 1.54) is 0 Å². The molecule has 1 aromatic rings. The van der Waals surface area contributed by atoms with Crippen LogP contribution in [0, 0.1) is 0 Å². The number of hydrogen-bond acceptors (Lipinski definition) is 4. The molecule has 0 amide bonds. The Morgan fingerprint density at radius 1 is 1.29 bits per heavy atom. The van der Waals surface area contributed by atoms with Gasteiger partial charge in [-0.05, 0) is 19.1 Å². The molecule has 0 aliphatic heterocycles. The van der Waals surface area contributed by atoms with Crippen molar-refractivity contribution >= 4 is 0 Å². The van der Waals surface area contributed by atoms with Crippen molar-refractivity contribution in [3.8, 4) is 5.75 Å². The molecule has 0 saturated carbocycles. The summed E-state index contributed by atoms with van der Waals surface area (Å²) in [7, 11) is 1.67. The van der Waals surface area contributed by atoms with E-state index in [1.807, 2.05) is 25.1 Å². The Bertz CT molecular complexity index is 314. The Labute approximate surface area is 102 Å². The predicted octanol–water partition coefficient (Wildman–Crippen LogP) is 2.13. The van der Waals surface area contributed by atoms with Crippen LogP contribution in [-0.4, -0.2) is 32.0 Å². The van der Waals surface area contributed by atoms with Crippen LogP contribution in [0.1, 0.15) is 25.2 Å². The molecular weight excluding hydrogens is 220 g/mol. The van der Waals surface area contributed by atoms with Crippen LogP contribution in [0.25, 0.3) is 0 Å². The van der Waals surface area contributed by atoms with Crippen molar-refractivity contribution in [1.82, 2.24) is 0 Å². The van der Waals surface area contributed by atoms with E-state index in [0.717, 1.165) is 12.2 Å². The van der Waals surface area contributed by atoms with E-state index in [9.17, 15) is 5.11 Å². The first-order valence-corrected chi connectivity index (χ1v) is 5.79. The van der Waals surface area contributed by atoms with Gasteiger partial charge < -0.3 is 19.3 Å². The van der Waals surface area contributed by atoms with Crippen molar-refractivity contribution in [2.24, 2.45) is 0 Å². The second-order valence-electron chi connectivity index (χ2n) is 3.58. The molecule has 0 saturated heterocycles. The zero-order chi connectivity index (χ0) is 12.5. The van der Waals surface area contributed by atoms with E-state index in [-0.39, 0.29) is 0 Å². The molecule has 0 heterocycles. The Morgan fingerprint density at radius 2 is 2.12 bits per heavy atom. The molecule has 1 aromatic carbocycles. The third-order valence-corrected chi connectivity index (χ3v) is 2.23. The van der Waals surface area contributed by atoms with Crippen molar-refractivity contribution in [2.45, 2.75) is 19.6 Å². The molecule has 0 fully saturated rings. The molecule has 4 nitrogen and oxygen atoms in total. The third-order valence-electron chi connectivity index (χ3n) is 2.23. The fraction of sp³-hybridized carbons (Fsp3) is 0.538. The molecule has 0 aromatic heterocycles. The van der Waals surface area contributed by atoms with Gasteiger partial charge in [-0.1, -0.05) is 12.1 Å². The monoisotopic (exact) mass is 240 g/mol. The first-order valence-electron chi connectivity index (χ1n) is 5.79. The minimum Gasteiger partial charge on any atom is -0.493 e. The lowest BCUT2D eigenvalue weighted by molar-refractivity contribution is -0.0980. The molecule has 96 valence electrons. The molecule has 17 heavy (non-hydrogen) atoms. The lowest BCUT2D eigenvalue weighted by atomic mass is 10.2. The van der Waals surface area contributed by atoms with Crippen LogP contribution >= 0.6 is 0 Å². The van der Waals surface area contributed by atoms with Gasteiger partial charge in [-0.3, -0.25) is 0 Å².